The molecule has 6 heteroatoms. The maximum atomic E-state index is 12.2. The van der Waals surface area contributed by atoms with E-state index in [4.69, 9.17) is 4.42 Å². The number of thioether (sulfide) groups is 1. The maximum absolute atomic E-state index is 12.2. The Kier molecular flexibility index (Phi) is 7.99. The van der Waals surface area contributed by atoms with Gasteiger partial charge in [-0.05, 0) is 33.7 Å². The minimum Gasteiger partial charge on any atom is -0.480 e. The Morgan fingerprint density at radius 1 is 0.825 bits per heavy atom. The van der Waals surface area contributed by atoms with Gasteiger partial charge in [-0.2, -0.15) is 11.8 Å². The SMILES string of the molecule is CC(C)(C)CC(=O)N[C@@H](CSCc1ccc(-c2ccc(-c3cccc4c3oc3ccccc34)cc2)cc1)C(=O)O. The van der Waals surface area contributed by atoms with Crippen molar-refractivity contribution in [3.8, 4) is 22.3 Å². The molecular formula is C34H33NO4S. The van der Waals surface area contributed by atoms with Crippen LogP contribution in [0.15, 0.2) is 95.4 Å². The molecule has 5 aromatic rings. The molecule has 204 valence electrons. The van der Waals surface area contributed by atoms with E-state index in [0.717, 1.165) is 49.8 Å². The van der Waals surface area contributed by atoms with E-state index >= 15 is 0 Å². The third-order valence-corrected chi connectivity index (χ3v) is 7.87. The van der Waals surface area contributed by atoms with E-state index in [0.29, 0.717) is 17.9 Å². The van der Waals surface area contributed by atoms with Crippen LogP contribution in [0.25, 0.3) is 44.2 Å². The molecule has 0 bridgehead atoms. The van der Waals surface area contributed by atoms with Gasteiger partial charge in [0.2, 0.25) is 5.91 Å². The number of furan rings is 1. The zero-order chi connectivity index (χ0) is 28.3. The highest BCUT2D eigenvalue weighted by atomic mass is 32.2. The zero-order valence-corrected chi connectivity index (χ0v) is 23.8. The van der Waals surface area contributed by atoms with Gasteiger partial charge in [-0.3, -0.25) is 4.79 Å². The summed E-state index contributed by atoms with van der Waals surface area (Å²) in [6, 6.07) is 30.3. The largest absolute Gasteiger partial charge is 0.480 e. The molecule has 0 aliphatic heterocycles. The van der Waals surface area contributed by atoms with Gasteiger partial charge in [0.1, 0.15) is 17.2 Å². The quantitative estimate of drug-likeness (QED) is 0.193. The first kappa shape index (κ1) is 27.5. The standard InChI is InChI=1S/C34H33NO4S/c1-34(2,3)19-31(36)35-29(33(37)38)21-40-20-22-11-13-23(14-12-22)24-15-17-25(18-16-24)26-8-6-9-28-27-7-4-5-10-30(27)39-32(26)28/h4-18,29H,19-21H2,1-3H3,(H,35,36)(H,37,38)/t29-/m0/s1. The van der Waals surface area contributed by atoms with Gasteiger partial charge in [-0.1, -0.05) is 106 Å². The number of para-hydroxylation sites is 2. The van der Waals surface area contributed by atoms with Gasteiger partial charge in [-0.25, -0.2) is 4.79 Å². The Hall–Kier alpha value is -4.03. The fourth-order valence-corrected chi connectivity index (χ4v) is 5.81. The maximum Gasteiger partial charge on any atom is 0.327 e. The summed E-state index contributed by atoms with van der Waals surface area (Å²) in [4.78, 5) is 23.8. The molecule has 1 heterocycles. The lowest BCUT2D eigenvalue weighted by Gasteiger charge is -2.20. The van der Waals surface area contributed by atoms with Crippen LogP contribution in [0.2, 0.25) is 0 Å². The third kappa shape index (κ3) is 6.40. The average molecular weight is 552 g/mol. The molecule has 40 heavy (non-hydrogen) atoms. The minimum absolute atomic E-state index is 0.190. The van der Waals surface area contributed by atoms with Gasteiger partial charge in [0.15, 0.2) is 0 Å². The summed E-state index contributed by atoms with van der Waals surface area (Å²) < 4.78 is 6.21. The summed E-state index contributed by atoms with van der Waals surface area (Å²) in [5.74, 6) is -0.262. The van der Waals surface area contributed by atoms with E-state index in [2.05, 4.69) is 78.1 Å². The molecule has 1 aromatic heterocycles. The van der Waals surface area contributed by atoms with Crippen molar-refractivity contribution in [3.63, 3.8) is 0 Å². The van der Waals surface area contributed by atoms with E-state index in [-0.39, 0.29) is 11.3 Å². The monoisotopic (exact) mass is 551 g/mol. The van der Waals surface area contributed by atoms with E-state index in [9.17, 15) is 14.7 Å². The summed E-state index contributed by atoms with van der Waals surface area (Å²) in [6.45, 7) is 5.87. The van der Waals surface area contributed by atoms with Gasteiger partial charge >= 0.3 is 5.97 Å². The van der Waals surface area contributed by atoms with Crippen molar-refractivity contribution in [2.24, 2.45) is 5.41 Å². The number of hydrogen-bond donors (Lipinski definition) is 2. The van der Waals surface area contributed by atoms with Crippen LogP contribution in [0.1, 0.15) is 32.8 Å². The first-order valence-corrected chi connectivity index (χ1v) is 14.5. The molecule has 0 aliphatic rings. The van der Waals surface area contributed by atoms with E-state index < -0.39 is 12.0 Å². The lowest BCUT2D eigenvalue weighted by molar-refractivity contribution is -0.141. The molecule has 0 fully saturated rings. The third-order valence-electron chi connectivity index (χ3n) is 6.76. The van der Waals surface area contributed by atoms with Crippen molar-refractivity contribution in [2.75, 3.05) is 5.75 Å². The van der Waals surface area contributed by atoms with Gasteiger partial charge in [0.05, 0.1) is 0 Å². The van der Waals surface area contributed by atoms with Crippen molar-refractivity contribution in [1.82, 2.24) is 5.32 Å². The summed E-state index contributed by atoms with van der Waals surface area (Å²) in [5, 5.41) is 14.4. The van der Waals surface area contributed by atoms with Crippen molar-refractivity contribution in [1.29, 1.82) is 0 Å². The number of nitrogens with one attached hydrogen (secondary N) is 1. The van der Waals surface area contributed by atoms with E-state index in [1.54, 1.807) is 0 Å². The molecule has 1 amide bonds. The van der Waals surface area contributed by atoms with Crippen LogP contribution in [-0.4, -0.2) is 28.8 Å². The lowest BCUT2D eigenvalue weighted by atomic mass is 9.92. The highest BCUT2D eigenvalue weighted by molar-refractivity contribution is 7.98. The number of hydrogen-bond acceptors (Lipinski definition) is 4. The average Bonchev–Trinajstić information content (AvgIpc) is 3.31. The Labute approximate surface area is 238 Å². The lowest BCUT2D eigenvalue weighted by Crippen LogP contribution is -2.43. The molecule has 0 radical (unpaired) electrons. The van der Waals surface area contributed by atoms with Crippen LogP contribution >= 0.6 is 11.8 Å². The zero-order valence-electron chi connectivity index (χ0n) is 22.9. The number of fused-ring (bicyclic) bond motifs is 3. The van der Waals surface area contributed by atoms with Gasteiger partial charge in [-0.15, -0.1) is 0 Å². The number of carboxylic acids is 1. The summed E-state index contributed by atoms with van der Waals surface area (Å²) in [5.41, 5.74) is 7.11. The van der Waals surface area contributed by atoms with Crippen LogP contribution in [0.5, 0.6) is 0 Å². The second kappa shape index (κ2) is 11.6. The number of aliphatic carboxylic acids is 1. The Morgan fingerprint density at radius 2 is 1.45 bits per heavy atom. The normalized spacial score (nSPS) is 12.5. The van der Waals surface area contributed by atoms with Crippen molar-refractivity contribution < 1.29 is 19.1 Å². The summed E-state index contributed by atoms with van der Waals surface area (Å²) in [6.07, 6.45) is 0.291. The minimum atomic E-state index is -1.01. The fourth-order valence-electron chi connectivity index (χ4n) is 4.81. The summed E-state index contributed by atoms with van der Waals surface area (Å²) in [7, 11) is 0. The number of rotatable bonds is 9. The van der Waals surface area contributed by atoms with Gasteiger partial charge < -0.3 is 14.8 Å². The number of carbonyl (C=O) groups is 2. The van der Waals surface area contributed by atoms with Crippen molar-refractivity contribution in [2.45, 2.75) is 39.0 Å². The molecule has 4 aromatic carbocycles. The van der Waals surface area contributed by atoms with E-state index in [1.165, 1.54) is 11.8 Å². The highest BCUT2D eigenvalue weighted by Crippen LogP contribution is 2.36. The van der Waals surface area contributed by atoms with Crippen molar-refractivity contribution in [3.05, 3.63) is 96.6 Å². The molecule has 0 unspecified atom stereocenters. The van der Waals surface area contributed by atoms with Crippen LogP contribution in [-0.2, 0) is 15.3 Å². The molecular weight excluding hydrogens is 518 g/mol. The van der Waals surface area contributed by atoms with Crippen LogP contribution < -0.4 is 5.32 Å². The van der Waals surface area contributed by atoms with Crippen molar-refractivity contribution >= 4 is 45.6 Å². The number of amides is 1. The molecule has 0 saturated heterocycles. The topological polar surface area (TPSA) is 79.5 Å². The molecule has 5 nitrogen and oxygen atoms in total. The Morgan fingerprint density at radius 3 is 2.12 bits per heavy atom. The number of carbonyl (C=O) groups excluding carboxylic acids is 1. The molecule has 1 atom stereocenters. The van der Waals surface area contributed by atoms with Crippen LogP contribution in [0, 0.1) is 5.41 Å². The first-order chi connectivity index (χ1) is 19.2. The smallest absolute Gasteiger partial charge is 0.327 e. The molecule has 5 rings (SSSR count). The number of benzene rings is 4. The van der Waals surface area contributed by atoms with E-state index in [1.807, 2.05) is 39.0 Å². The second-order valence-electron chi connectivity index (χ2n) is 11.3. The fraction of sp³-hybridized carbons (Fsp3) is 0.235. The Balaban J connectivity index is 1.22. The first-order valence-electron chi connectivity index (χ1n) is 13.4. The molecule has 2 N–H and O–H groups in total. The molecule has 0 saturated carbocycles. The summed E-state index contributed by atoms with van der Waals surface area (Å²) >= 11 is 1.50. The predicted molar refractivity (Wildman–Crippen MR) is 164 cm³/mol. The second-order valence-corrected chi connectivity index (χ2v) is 12.3. The molecule has 0 aliphatic carbocycles. The predicted octanol–water partition coefficient (Wildman–Crippen LogP) is 8.16. The molecule has 0 spiro atoms. The van der Waals surface area contributed by atoms with Crippen LogP contribution in [0.4, 0.5) is 0 Å². The van der Waals surface area contributed by atoms with Crippen LogP contribution in [0.3, 0.4) is 0 Å². The Bertz CT molecular complexity index is 1650. The van der Waals surface area contributed by atoms with Gasteiger partial charge in [0.25, 0.3) is 0 Å². The number of carboxylic acid groups (broad SMARTS) is 1. The van der Waals surface area contributed by atoms with Gasteiger partial charge in [0, 0.05) is 34.3 Å². The highest BCUT2D eigenvalue weighted by Gasteiger charge is 2.23.